The van der Waals surface area contributed by atoms with Crippen molar-refractivity contribution in [2.75, 3.05) is 0 Å². The molecule has 0 unspecified atom stereocenters. The number of rotatable bonds is 1. The molecule has 0 aliphatic carbocycles. The van der Waals surface area contributed by atoms with Crippen molar-refractivity contribution in [3.8, 4) is 0 Å². The van der Waals surface area contributed by atoms with Gasteiger partial charge in [0.15, 0.2) is 5.78 Å². The number of aliphatic hydroxyl groups is 1. The number of carbonyl (C=O) groups is 1. The molecule has 7 heavy (non-hydrogen) atoms. The predicted molar refractivity (Wildman–Crippen MR) is 27.3 cm³/mol. The largest absolute Gasteiger partial charge is 0.357 e. The molecule has 0 amide bonds. The molecular weight excluding hydrogens is 139 g/mol. The SMILES string of the molecule is CC(=O)C(O)(Cl)Cl. The highest BCUT2D eigenvalue weighted by atomic mass is 35.5. The van der Waals surface area contributed by atoms with Gasteiger partial charge in [0, 0.05) is 6.92 Å². The number of Topliss-reactive ketones (excluding diaryl/α,β-unsaturated/α-hetero) is 1. The summed E-state index contributed by atoms with van der Waals surface area (Å²) in [5.41, 5.74) is 0. The molecule has 0 radical (unpaired) electrons. The Morgan fingerprint density at radius 1 is 1.71 bits per heavy atom. The lowest BCUT2D eigenvalue weighted by Crippen LogP contribution is -2.21. The van der Waals surface area contributed by atoms with Crippen molar-refractivity contribution in [3.05, 3.63) is 0 Å². The summed E-state index contributed by atoms with van der Waals surface area (Å²) in [5.74, 6) is -0.671. The highest BCUT2D eigenvalue weighted by molar-refractivity contribution is 6.56. The van der Waals surface area contributed by atoms with Crippen molar-refractivity contribution in [2.24, 2.45) is 0 Å². The van der Waals surface area contributed by atoms with Crippen molar-refractivity contribution in [1.29, 1.82) is 0 Å². The normalized spacial score (nSPS) is 11.4. The maximum atomic E-state index is 9.95. The molecule has 0 aliphatic rings. The van der Waals surface area contributed by atoms with Crippen LogP contribution in [-0.4, -0.2) is 15.4 Å². The Hall–Kier alpha value is 0.210. The van der Waals surface area contributed by atoms with E-state index in [1.165, 1.54) is 0 Å². The lowest BCUT2D eigenvalue weighted by molar-refractivity contribution is -0.123. The number of hydrogen-bond donors (Lipinski definition) is 1. The van der Waals surface area contributed by atoms with Gasteiger partial charge in [-0.25, -0.2) is 0 Å². The Kier molecular flexibility index (Phi) is 2.05. The Bertz CT molecular complexity index is 83.4. The third kappa shape index (κ3) is 2.85. The van der Waals surface area contributed by atoms with Gasteiger partial charge in [0.05, 0.1) is 0 Å². The summed E-state index contributed by atoms with van der Waals surface area (Å²) in [6.07, 6.45) is 0. The summed E-state index contributed by atoms with van der Waals surface area (Å²) >= 11 is 9.68. The van der Waals surface area contributed by atoms with E-state index < -0.39 is 10.3 Å². The molecule has 0 aliphatic heterocycles. The summed E-state index contributed by atoms with van der Waals surface area (Å²) in [4.78, 5) is 9.95. The van der Waals surface area contributed by atoms with E-state index in [1.807, 2.05) is 0 Å². The minimum absolute atomic E-state index is 0.671. The van der Waals surface area contributed by atoms with Gasteiger partial charge < -0.3 is 5.11 Å². The molecular formula is C3H4Cl2O2. The summed E-state index contributed by atoms with van der Waals surface area (Å²) < 4.78 is -2.19. The Morgan fingerprint density at radius 3 is 1.86 bits per heavy atom. The van der Waals surface area contributed by atoms with E-state index in [1.54, 1.807) is 0 Å². The number of hydrogen-bond acceptors (Lipinski definition) is 2. The van der Waals surface area contributed by atoms with E-state index in [0.29, 0.717) is 0 Å². The van der Waals surface area contributed by atoms with E-state index in [-0.39, 0.29) is 0 Å². The van der Waals surface area contributed by atoms with Crippen molar-refractivity contribution in [1.82, 2.24) is 0 Å². The average molecular weight is 143 g/mol. The Morgan fingerprint density at radius 2 is 1.86 bits per heavy atom. The van der Waals surface area contributed by atoms with Crippen LogP contribution in [0.1, 0.15) is 6.92 Å². The van der Waals surface area contributed by atoms with E-state index in [0.717, 1.165) is 6.92 Å². The number of carbonyl (C=O) groups excluding carboxylic acids is 1. The van der Waals surface area contributed by atoms with Gasteiger partial charge in [-0.05, 0) is 0 Å². The number of ketones is 1. The van der Waals surface area contributed by atoms with Gasteiger partial charge >= 0.3 is 0 Å². The third-order valence-electron chi connectivity index (χ3n) is 0.424. The zero-order valence-electron chi connectivity index (χ0n) is 3.61. The first-order chi connectivity index (χ1) is 2.94. The topological polar surface area (TPSA) is 37.3 Å². The monoisotopic (exact) mass is 142 g/mol. The average Bonchev–Trinajstić information content (AvgIpc) is 1.31. The predicted octanol–water partition coefficient (Wildman–Crippen LogP) is 0.699. The standard InChI is InChI=1S/C3H4Cl2O2/c1-2(6)3(4,5)7/h7H,1H3. The van der Waals surface area contributed by atoms with Crippen molar-refractivity contribution in [2.45, 2.75) is 11.4 Å². The zero-order chi connectivity index (χ0) is 6.08. The van der Waals surface area contributed by atoms with Crippen LogP contribution in [0.2, 0.25) is 0 Å². The summed E-state index contributed by atoms with van der Waals surface area (Å²) in [6, 6.07) is 0. The minimum atomic E-state index is -2.19. The van der Waals surface area contributed by atoms with Crippen LogP contribution >= 0.6 is 23.2 Å². The van der Waals surface area contributed by atoms with Crippen LogP contribution in [-0.2, 0) is 4.79 Å². The zero-order valence-corrected chi connectivity index (χ0v) is 5.12. The molecule has 42 valence electrons. The van der Waals surface area contributed by atoms with Crippen LogP contribution in [0.25, 0.3) is 0 Å². The van der Waals surface area contributed by atoms with E-state index in [2.05, 4.69) is 0 Å². The highest BCUT2D eigenvalue weighted by Crippen LogP contribution is 2.16. The van der Waals surface area contributed by atoms with Gasteiger partial charge in [0.2, 0.25) is 0 Å². The number of halogens is 2. The summed E-state index contributed by atoms with van der Waals surface area (Å²) in [6.45, 7) is 1.10. The summed E-state index contributed by atoms with van der Waals surface area (Å²) in [7, 11) is 0. The molecule has 0 saturated heterocycles. The van der Waals surface area contributed by atoms with Gasteiger partial charge in [-0.15, -0.1) is 0 Å². The van der Waals surface area contributed by atoms with E-state index in [4.69, 9.17) is 28.3 Å². The van der Waals surface area contributed by atoms with Crippen molar-refractivity contribution >= 4 is 29.0 Å². The maximum Gasteiger partial charge on any atom is 0.275 e. The Labute approximate surface area is 51.0 Å². The Balaban J connectivity index is 3.79. The van der Waals surface area contributed by atoms with Gasteiger partial charge in [-0.3, -0.25) is 4.79 Å². The van der Waals surface area contributed by atoms with Crippen molar-refractivity contribution < 1.29 is 9.90 Å². The quantitative estimate of drug-likeness (QED) is 0.548. The van der Waals surface area contributed by atoms with Crippen LogP contribution in [0, 0.1) is 0 Å². The fourth-order valence-electron chi connectivity index (χ4n) is 0. The second kappa shape index (κ2) is 1.99. The van der Waals surface area contributed by atoms with E-state index in [9.17, 15) is 4.79 Å². The third-order valence-corrected chi connectivity index (χ3v) is 0.956. The minimum Gasteiger partial charge on any atom is -0.357 e. The lowest BCUT2D eigenvalue weighted by atomic mass is 10.5. The van der Waals surface area contributed by atoms with Crippen molar-refractivity contribution in [3.63, 3.8) is 0 Å². The van der Waals surface area contributed by atoms with Crippen LogP contribution in [0.4, 0.5) is 0 Å². The molecule has 4 heteroatoms. The fourth-order valence-corrected chi connectivity index (χ4v) is 0. The molecule has 0 heterocycles. The molecule has 1 N–H and O–H groups in total. The molecule has 0 rings (SSSR count). The number of alkyl halides is 2. The molecule has 0 aromatic rings. The second-order valence-electron chi connectivity index (χ2n) is 1.10. The molecule has 0 fully saturated rings. The molecule has 0 spiro atoms. The maximum absolute atomic E-state index is 9.95. The van der Waals surface area contributed by atoms with E-state index >= 15 is 0 Å². The van der Waals surface area contributed by atoms with Crippen LogP contribution in [0.15, 0.2) is 0 Å². The van der Waals surface area contributed by atoms with Crippen LogP contribution < -0.4 is 0 Å². The first kappa shape index (κ1) is 7.21. The van der Waals surface area contributed by atoms with Gasteiger partial charge in [0.1, 0.15) is 0 Å². The molecule has 0 saturated carbocycles. The molecule has 0 aromatic carbocycles. The summed E-state index contributed by atoms with van der Waals surface area (Å²) in [5, 5.41) is 8.28. The van der Waals surface area contributed by atoms with Crippen LogP contribution in [0.5, 0.6) is 0 Å². The molecule has 2 nitrogen and oxygen atoms in total. The smallest absolute Gasteiger partial charge is 0.275 e. The first-order valence-electron chi connectivity index (χ1n) is 1.56. The molecule has 0 aromatic heterocycles. The van der Waals surface area contributed by atoms with Gasteiger partial charge in [0.25, 0.3) is 4.52 Å². The highest BCUT2D eigenvalue weighted by Gasteiger charge is 2.24. The van der Waals surface area contributed by atoms with Gasteiger partial charge in [-0.1, -0.05) is 23.2 Å². The van der Waals surface area contributed by atoms with Gasteiger partial charge in [-0.2, -0.15) is 0 Å². The lowest BCUT2D eigenvalue weighted by Gasteiger charge is -2.03. The molecule has 0 atom stereocenters. The van der Waals surface area contributed by atoms with Crippen LogP contribution in [0.3, 0.4) is 0 Å². The fraction of sp³-hybridized carbons (Fsp3) is 0.667. The first-order valence-corrected chi connectivity index (χ1v) is 2.31. The second-order valence-corrected chi connectivity index (χ2v) is 2.38. The molecule has 0 bridgehead atoms.